The van der Waals surface area contributed by atoms with Gasteiger partial charge in [-0.3, -0.25) is 48.2 Å². The topological polar surface area (TPSA) is 356 Å². The van der Waals surface area contributed by atoms with Gasteiger partial charge in [0.25, 0.3) is 23.6 Å². The monoisotopic (exact) mass is 1420 g/mol. The summed E-state index contributed by atoms with van der Waals surface area (Å²) in [5, 5.41) is 23.3. The number of imide groups is 1. The number of anilines is 2. The Morgan fingerprint density at radius 1 is 0.631 bits per heavy atom. The lowest BCUT2D eigenvalue weighted by molar-refractivity contribution is -0.137. The predicted octanol–water partition coefficient (Wildman–Crippen LogP) is 5.23. The van der Waals surface area contributed by atoms with Crippen molar-refractivity contribution in [1.29, 1.82) is 0 Å². The molecule has 0 aliphatic carbocycles. The van der Waals surface area contributed by atoms with Crippen molar-refractivity contribution in [1.82, 2.24) is 30.7 Å². The van der Waals surface area contributed by atoms with Gasteiger partial charge in [-0.15, -0.1) is 0 Å². The summed E-state index contributed by atoms with van der Waals surface area (Å²) < 4.78 is 51.8. The van der Waals surface area contributed by atoms with Crippen molar-refractivity contribution in [2.75, 3.05) is 123 Å². The summed E-state index contributed by atoms with van der Waals surface area (Å²) in [5.41, 5.74) is 10.2. The van der Waals surface area contributed by atoms with Crippen LogP contribution in [0.2, 0.25) is 0 Å². The highest BCUT2D eigenvalue weighted by molar-refractivity contribution is 6.13. The third-order valence-electron chi connectivity index (χ3n) is 17.6. The van der Waals surface area contributed by atoms with Gasteiger partial charge in [0.1, 0.15) is 18.7 Å². The Bertz CT molecular complexity index is 3720. The van der Waals surface area contributed by atoms with Crippen molar-refractivity contribution in [2.45, 2.75) is 108 Å². The summed E-state index contributed by atoms with van der Waals surface area (Å²) in [7, 11) is 2.95. The van der Waals surface area contributed by atoms with Crippen LogP contribution < -0.4 is 50.8 Å². The molecule has 4 aromatic carbocycles. The Labute approximate surface area is 597 Å². The normalized spacial score (nSPS) is 17.2. The summed E-state index contributed by atoms with van der Waals surface area (Å²) in [4.78, 5) is 129. The van der Waals surface area contributed by atoms with Gasteiger partial charge in [-0.1, -0.05) is 66.8 Å². The number of hydrogen-bond donors (Lipinski definition) is 6. The summed E-state index contributed by atoms with van der Waals surface area (Å²) in [6, 6.07) is 18.9. The second-order valence-electron chi connectivity index (χ2n) is 25.1. The van der Waals surface area contributed by atoms with Gasteiger partial charge in [-0.05, 0) is 93.3 Å². The lowest BCUT2D eigenvalue weighted by Crippen LogP contribution is -2.53. The maximum Gasteiger partial charge on any atom is 0.416 e. The number of fused-ring (bicyclic) bond motifs is 4. The second kappa shape index (κ2) is 38.8. The van der Waals surface area contributed by atoms with Gasteiger partial charge in [0.2, 0.25) is 23.6 Å². The highest BCUT2D eigenvalue weighted by Crippen LogP contribution is 2.43. The van der Waals surface area contributed by atoms with Gasteiger partial charge in [0.15, 0.2) is 29.2 Å². The molecule has 5 aliphatic heterocycles. The molecule has 0 radical (unpaired) electrons. The molecule has 0 spiro atoms. The first kappa shape index (κ1) is 77.1. The van der Waals surface area contributed by atoms with Crippen molar-refractivity contribution >= 4 is 76.6 Å². The van der Waals surface area contributed by atoms with Crippen LogP contribution in [-0.2, 0) is 65.5 Å². The van der Waals surface area contributed by atoms with E-state index >= 15 is 0 Å². The van der Waals surface area contributed by atoms with E-state index in [-0.39, 0.29) is 145 Å². The molecular weight excluding hydrogens is 1330 g/mol. The fraction of sp³-hybridized carbons (Fsp3) is 0.459. The maximum atomic E-state index is 14.4. The SMILES string of the molecule is C=C1C[C@H]2C=Nc3cc(OCCCCCOc4cc5c(cc4OC)C(=O)N4CC(=C)C[C@H]4[C@H](O)N5C(=O)OCc4ccc(NC(=O)[C@H](CCCCN)NC(=O)[C@H](Cc5ccccc5)NC(=O)CCOCCOCCOCCOCCNC(=O)CCN5C(=O)C=CC5=O)cc4)c(OC)cc3C(=O)N2C1. The zero-order chi connectivity index (χ0) is 73.2. The number of amides is 9. The van der Waals surface area contributed by atoms with Gasteiger partial charge in [0.05, 0.1) is 115 Å². The molecule has 9 amide bonds. The summed E-state index contributed by atoms with van der Waals surface area (Å²) >= 11 is 0. The van der Waals surface area contributed by atoms with Crippen LogP contribution in [0.5, 0.6) is 23.0 Å². The van der Waals surface area contributed by atoms with E-state index in [9.17, 15) is 48.3 Å². The van der Waals surface area contributed by atoms with Crippen LogP contribution in [0.15, 0.2) is 120 Å². The smallest absolute Gasteiger partial charge is 0.416 e. The van der Waals surface area contributed by atoms with Gasteiger partial charge in [0, 0.05) is 81.6 Å². The third kappa shape index (κ3) is 21.8. The third-order valence-corrected chi connectivity index (χ3v) is 17.6. The molecule has 4 aromatic rings. The highest BCUT2D eigenvalue weighted by Gasteiger charge is 2.47. The quantitative estimate of drug-likeness (QED) is 0.0188. The number of rotatable bonds is 41. The number of aliphatic imine (C=N–C) groups is 1. The van der Waals surface area contributed by atoms with Gasteiger partial charge < -0.3 is 84.5 Å². The number of aliphatic hydroxyl groups is 1. The Hall–Kier alpha value is -10.0. The molecular formula is C74H92N10O19. The first-order chi connectivity index (χ1) is 49.9. The summed E-state index contributed by atoms with van der Waals surface area (Å²) in [5.74, 6) is -1.98. The van der Waals surface area contributed by atoms with E-state index in [0.717, 1.165) is 20.9 Å². The fourth-order valence-electron chi connectivity index (χ4n) is 12.2. The summed E-state index contributed by atoms with van der Waals surface area (Å²) in [6.07, 6.45) is 5.78. The van der Waals surface area contributed by atoms with Crippen LogP contribution in [0.4, 0.5) is 21.9 Å². The van der Waals surface area contributed by atoms with Crippen molar-refractivity contribution < 1.29 is 90.9 Å². The Morgan fingerprint density at radius 2 is 1.25 bits per heavy atom. The molecule has 552 valence electrons. The van der Waals surface area contributed by atoms with Crippen LogP contribution in [0.1, 0.15) is 96.1 Å². The fourth-order valence-corrected chi connectivity index (χ4v) is 12.2. The first-order valence-corrected chi connectivity index (χ1v) is 34.6. The molecule has 103 heavy (non-hydrogen) atoms. The minimum absolute atomic E-state index is 0.00505. The standard InChI is InChI=1S/C74H92N10O19/c1-48-37-53-44-77-57-42-63(61(95-3)40-54(57)71(91)82(53)45-48)101-27-11-6-12-28-102-64-43-59-55(41-62(64)96-4)72(92)83-46-49(2)38-60(83)73(93)84(59)74(94)103-47-51-16-18-52(19-17-51)78-69(89)56(15-9-10-24-75)80-70(90)58(39-50-13-7-5-8-14-50)79-66(86)23-29-97-31-33-99-35-36-100-34-32-98-30-25-76-65(85)22-26-81-67(87)20-21-68(81)88/h5,7-8,13-14,16-21,40-44,53,56,58,60,73,93H,1-2,6,9-12,15,22-39,45-47,75H2,3-4H3,(H,76,85)(H,78,89)(H,79,86)(H,80,90)/t53-,56-,58-,60-,73-/m0/s1. The van der Waals surface area contributed by atoms with Crippen LogP contribution >= 0.6 is 0 Å². The number of nitrogens with one attached hydrogen (secondary N) is 4. The predicted molar refractivity (Wildman–Crippen MR) is 378 cm³/mol. The average molecular weight is 1430 g/mol. The lowest BCUT2D eigenvalue weighted by Gasteiger charge is -2.31. The second-order valence-corrected chi connectivity index (χ2v) is 25.1. The highest BCUT2D eigenvalue weighted by atomic mass is 16.6. The van der Waals surface area contributed by atoms with Crippen molar-refractivity contribution in [3.8, 4) is 23.0 Å². The molecule has 5 aliphatic rings. The molecule has 2 saturated heterocycles. The molecule has 29 heteroatoms. The van der Waals surface area contributed by atoms with E-state index in [1.54, 1.807) is 47.5 Å². The molecule has 7 N–H and O–H groups in total. The number of hydrogen-bond acceptors (Lipinski definition) is 21. The zero-order valence-electron chi connectivity index (χ0n) is 58.2. The van der Waals surface area contributed by atoms with E-state index in [4.69, 9.17) is 48.4 Å². The summed E-state index contributed by atoms with van der Waals surface area (Å²) in [6.45, 7) is 11.6. The van der Waals surface area contributed by atoms with Crippen LogP contribution in [0, 0.1) is 0 Å². The molecule has 0 aromatic heterocycles. The number of aliphatic hydroxyl groups excluding tert-OH is 1. The number of carbonyl (C=O) groups excluding carboxylic acids is 9. The maximum absolute atomic E-state index is 14.4. The van der Waals surface area contributed by atoms with Crippen LogP contribution in [-0.4, -0.2) is 223 Å². The van der Waals surface area contributed by atoms with Gasteiger partial charge in [-0.2, -0.15) is 0 Å². The number of unbranched alkanes of at least 4 members (excludes halogenated alkanes) is 3. The Balaban J connectivity index is 0.720. The molecule has 9 rings (SSSR count). The van der Waals surface area contributed by atoms with E-state index in [1.807, 2.05) is 30.3 Å². The number of methoxy groups -OCH3 is 2. The van der Waals surface area contributed by atoms with E-state index < -0.39 is 65.9 Å². The van der Waals surface area contributed by atoms with Gasteiger partial charge >= 0.3 is 6.09 Å². The molecule has 29 nitrogen and oxygen atoms in total. The molecule has 0 unspecified atom stereocenters. The molecule has 2 fully saturated rings. The lowest BCUT2D eigenvalue weighted by atomic mass is 10.0. The van der Waals surface area contributed by atoms with E-state index in [2.05, 4.69) is 39.4 Å². The van der Waals surface area contributed by atoms with Crippen molar-refractivity contribution in [3.05, 3.63) is 138 Å². The van der Waals surface area contributed by atoms with Gasteiger partial charge in [-0.25, -0.2) is 9.69 Å². The first-order valence-electron chi connectivity index (χ1n) is 34.6. The zero-order valence-corrected chi connectivity index (χ0v) is 58.2. The number of ether oxygens (including phenoxy) is 9. The van der Waals surface area contributed by atoms with Crippen molar-refractivity contribution in [2.24, 2.45) is 10.7 Å². The molecule has 5 heterocycles. The molecule has 5 atom stereocenters. The van der Waals surface area contributed by atoms with Crippen molar-refractivity contribution in [3.63, 3.8) is 0 Å². The molecule has 0 saturated carbocycles. The minimum Gasteiger partial charge on any atom is -0.493 e. The number of benzene rings is 4. The van der Waals surface area contributed by atoms with E-state index in [0.29, 0.717) is 111 Å². The Kier molecular flexibility index (Phi) is 29.1. The van der Waals surface area contributed by atoms with Crippen LogP contribution in [0.25, 0.3) is 0 Å². The molecule has 0 bridgehead atoms. The van der Waals surface area contributed by atoms with Crippen LogP contribution in [0.3, 0.4) is 0 Å². The van der Waals surface area contributed by atoms with E-state index in [1.165, 1.54) is 43.4 Å². The Morgan fingerprint density at radius 3 is 1.92 bits per heavy atom. The average Bonchev–Trinajstić information content (AvgIpc) is 1.62. The largest absolute Gasteiger partial charge is 0.493 e. The minimum atomic E-state index is -1.55. The number of nitrogens with two attached hydrogens (primary N) is 1. The number of carbonyl (C=O) groups is 9. The number of nitrogens with zero attached hydrogens (tertiary/aromatic N) is 5.